The number of benzene rings is 1. The molecule has 4 N–H and O–H groups in total. The number of aliphatic imine (C=N–C) groups is 2. The van der Waals surface area contributed by atoms with Gasteiger partial charge in [-0.3, -0.25) is 15.0 Å². The van der Waals surface area contributed by atoms with Gasteiger partial charge < -0.3 is 11.5 Å². The molecular weight excluding hydrogens is 355 g/mol. The molecule has 1 saturated carbocycles. The zero-order chi connectivity index (χ0) is 17.5. The molecule has 1 aromatic carbocycles. The molecule has 2 aliphatic rings. The largest absolute Gasteiger partial charge is 0.369 e. The topological polar surface area (TPSA) is 123 Å². The van der Waals surface area contributed by atoms with Gasteiger partial charge in [-0.2, -0.15) is 4.99 Å². The molecule has 8 nitrogen and oxygen atoms in total. The lowest BCUT2D eigenvalue weighted by Crippen LogP contribution is -2.58. The molecule has 1 heterocycles. The van der Waals surface area contributed by atoms with Crippen LogP contribution < -0.4 is 16.4 Å². The number of rotatable bonds is 2. The highest BCUT2D eigenvalue weighted by molar-refractivity contribution is 6.41. The van der Waals surface area contributed by atoms with Crippen molar-refractivity contribution in [2.45, 2.75) is 37.8 Å². The van der Waals surface area contributed by atoms with Crippen LogP contribution in [0.1, 0.15) is 32.1 Å². The highest BCUT2D eigenvalue weighted by Gasteiger charge is 2.44. The molecule has 1 aromatic rings. The number of halogens is 2. The minimum Gasteiger partial charge on any atom is -0.369 e. The third kappa shape index (κ3) is 2.65. The molecule has 1 aliphatic carbocycles. The second-order valence-electron chi connectivity index (χ2n) is 5.80. The summed E-state index contributed by atoms with van der Waals surface area (Å²) in [5.41, 5.74) is 11.1. The summed E-state index contributed by atoms with van der Waals surface area (Å²) in [6.45, 7) is 0. The molecule has 0 aromatic heterocycles. The molecule has 0 unspecified atom stereocenters. The first-order chi connectivity index (χ1) is 11.4. The van der Waals surface area contributed by atoms with Crippen molar-refractivity contribution in [3.63, 3.8) is 0 Å². The second-order valence-corrected chi connectivity index (χ2v) is 6.59. The molecule has 0 atom stereocenters. The molecule has 24 heavy (non-hydrogen) atoms. The van der Waals surface area contributed by atoms with Crippen LogP contribution in [0, 0.1) is 10.1 Å². The number of anilines is 1. The predicted molar refractivity (Wildman–Crippen MR) is 94.7 cm³/mol. The van der Waals surface area contributed by atoms with E-state index in [9.17, 15) is 10.1 Å². The summed E-state index contributed by atoms with van der Waals surface area (Å²) in [5, 5.41) is 11.4. The van der Waals surface area contributed by atoms with Gasteiger partial charge in [-0.05, 0) is 31.7 Å². The minimum atomic E-state index is -0.767. The SMILES string of the molecule is NC1=NC2(CCCCC2)N(c2c(Cl)ccc([N+](=O)[O-])c2Cl)C(N)=N1. The van der Waals surface area contributed by atoms with Crippen LogP contribution in [0.3, 0.4) is 0 Å². The predicted octanol–water partition coefficient (Wildman–Crippen LogP) is 3.01. The molecule has 1 fully saturated rings. The fraction of sp³-hybridized carbons (Fsp3) is 0.429. The van der Waals surface area contributed by atoms with Crippen LogP contribution in [0.2, 0.25) is 10.0 Å². The quantitative estimate of drug-likeness (QED) is 0.611. The second kappa shape index (κ2) is 6.10. The number of nitrogens with zero attached hydrogens (tertiary/aromatic N) is 4. The van der Waals surface area contributed by atoms with Crippen LogP contribution in [-0.4, -0.2) is 22.5 Å². The lowest BCUT2D eigenvalue weighted by atomic mass is 9.87. The molecule has 0 amide bonds. The van der Waals surface area contributed by atoms with Gasteiger partial charge in [0.15, 0.2) is 0 Å². The number of nitro benzene ring substituents is 1. The van der Waals surface area contributed by atoms with Crippen LogP contribution in [0.15, 0.2) is 22.1 Å². The Hall–Kier alpha value is -2.06. The van der Waals surface area contributed by atoms with Crippen LogP contribution >= 0.6 is 23.2 Å². The van der Waals surface area contributed by atoms with Crippen LogP contribution in [0.25, 0.3) is 0 Å². The van der Waals surface area contributed by atoms with Gasteiger partial charge in [0.05, 0.1) is 15.6 Å². The van der Waals surface area contributed by atoms with Crippen LogP contribution in [-0.2, 0) is 0 Å². The first kappa shape index (κ1) is 16.8. The Morgan fingerprint density at radius 3 is 2.50 bits per heavy atom. The van der Waals surface area contributed by atoms with Crippen molar-refractivity contribution in [3.8, 4) is 0 Å². The van der Waals surface area contributed by atoms with Gasteiger partial charge >= 0.3 is 0 Å². The highest BCUT2D eigenvalue weighted by Crippen LogP contribution is 2.47. The Labute approximate surface area is 148 Å². The van der Waals surface area contributed by atoms with Crippen molar-refractivity contribution in [1.29, 1.82) is 0 Å². The van der Waals surface area contributed by atoms with Gasteiger partial charge in [-0.1, -0.05) is 29.6 Å². The zero-order valence-corrected chi connectivity index (χ0v) is 14.2. The average Bonchev–Trinajstić information content (AvgIpc) is 2.50. The number of hydrogen-bond donors (Lipinski definition) is 2. The van der Waals surface area contributed by atoms with E-state index < -0.39 is 10.6 Å². The first-order valence-electron chi connectivity index (χ1n) is 7.48. The third-order valence-electron chi connectivity index (χ3n) is 4.32. The van der Waals surface area contributed by atoms with Crippen molar-refractivity contribution in [2.24, 2.45) is 21.5 Å². The van der Waals surface area contributed by atoms with E-state index in [-0.39, 0.29) is 33.3 Å². The van der Waals surface area contributed by atoms with E-state index in [1.807, 2.05) is 0 Å². The third-order valence-corrected chi connectivity index (χ3v) is 5.00. The van der Waals surface area contributed by atoms with Crippen molar-refractivity contribution in [1.82, 2.24) is 0 Å². The van der Waals surface area contributed by atoms with Gasteiger partial charge in [-0.25, -0.2) is 4.99 Å². The molecule has 128 valence electrons. The molecule has 3 rings (SSSR count). The Morgan fingerprint density at radius 2 is 1.88 bits per heavy atom. The summed E-state index contributed by atoms with van der Waals surface area (Å²) in [6, 6.07) is 2.68. The Kier molecular flexibility index (Phi) is 4.27. The number of hydrogen-bond acceptors (Lipinski definition) is 7. The van der Waals surface area contributed by atoms with Gasteiger partial charge in [0, 0.05) is 6.07 Å². The fourth-order valence-corrected chi connectivity index (χ4v) is 3.93. The first-order valence-corrected chi connectivity index (χ1v) is 8.23. The normalized spacial score (nSPS) is 19.8. The molecular formula is C14H16Cl2N6O2. The summed E-state index contributed by atoms with van der Waals surface area (Å²) in [7, 11) is 0. The number of guanidine groups is 2. The monoisotopic (exact) mass is 370 g/mol. The molecule has 10 heteroatoms. The summed E-state index contributed by atoms with van der Waals surface area (Å²) in [6.07, 6.45) is 4.27. The maximum atomic E-state index is 11.2. The van der Waals surface area contributed by atoms with Crippen molar-refractivity contribution >= 4 is 46.5 Å². The molecule has 0 saturated heterocycles. The van der Waals surface area contributed by atoms with E-state index in [1.54, 1.807) is 4.90 Å². The number of nitrogens with two attached hydrogens (primary N) is 2. The van der Waals surface area contributed by atoms with E-state index >= 15 is 0 Å². The fourth-order valence-electron chi connectivity index (χ4n) is 3.32. The molecule has 1 spiro atoms. The minimum absolute atomic E-state index is 0.0775. The average molecular weight is 371 g/mol. The van der Waals surface area contributed by atoms with Crippen molar-refractivity contribution in [3.05, 3.63) is 32.3 Å². The van der Waals surface area contributed by atoms with Crippen molar-refractivity contribution in [2.75, 3.05) is 4.90 Å². The summed E-state index contributed by atoms with van der Waals surface area (Å²) >= 11 is 12.6. The summed E-state index contributed by atoms with van der Waals surface area (Å²) in [4.78, 5) is 20.8. The van der Waals surface area contributed by atoms with E-state index in [0.717, 1.165) is 19.3 Å². The summed E-state index contributed by atoms with van der Waals surface area (Å²) in [5.74, 6) is 0.164. The standard InChI is InChI=1S/C14H16Cl2N6O2/c15-8-4-5-9(22(23)24)10(16)11(8)21-13(18)19-12(17)20-14(21)6-2-1-3-7-14/h4-5H,1-3,6-7H2,(H4,17,18,19,20). The highest BCUT2D eigenvalue weighted by atomic mass is 35.5. The van der Waals surface area contributed by atoms with E-state index in [4.69, 9.17) is 34.7 Å². The lowest BCUT2D eigenvalue weighted by Gasteiger charge is -2.46. The maximum Gasteiger partial charge on any atom is 0.290 e. The number of nitro groups is 1. The Balaban J connectivity index is 2.21. The van der Waals surface area contributed by atoms with Gasteiger partial charge in [0.2, 0.25) is 11.9 Å². The maximum absolute atomic E-state index is 11.2. The molecule has 0 bridgehead atoms. The van der Waals surface area contributed by atoms with Crippen LogP contribution in [0.5, 0.6) is 0 Å². The lowest BCUT2D eigenvalue weighted by molar-refractivity contribution is -0.384. The smallest absolute Gasteiger partial charge is 0.290 e. The molecule has 1 aliphatic heterocycles. The van der Waals surface area contributed by atoms with E-state index in [0.29, 0.717) is 12.8 Å². The Bertz CT molecular complexity index is 758. The van der Waals surface area contributed by atoms with Crippen LogP contribution in [0.4, 0.5) is 11.4 Å². The summed E-state index contributed by atoms with van der Waals surface area (Å²) < 4.78 is 0. The van der Waals surface area contributed by atoms with Gasteiger partial charge in [-0.15, -0.1) is 0 Å². The van der Waals surface area contributed by atoms with E-state index in [2.05, 4.69) is 9.98 Å². The van der Waals surface area contributed by atoms with Gasteiger partial charge in [0.1, 0.15) is 10.7 Å². The zero-order valence-electron chi connectivity index (χ0n) is 12.7. The molecule has 0 radical (unpaired) electrons. The van der Waals surface area contributed by atoms with Gasteiger partial charge in [0.25, 0.3) is 5.69 Å². The Morgan fingerprint density at radius 1 is 1.21 bits per heavy atom. The van der Waals surface area contributed by atoms with E-state index in [1.165, 1.54) is 12.1 Å². The van der Waals surface area contributed by atoms with Crippen molar-refractivity contribution < 1.29 is 4.92 Å².